The van der Waals surface area contributed by atoms with Crippen LogP contribution >= 0.6 is 11.9 Å². The van der Waals surface area contributed by atoms with Crippen LogP contribution in [0.3, 0.4) is 0 Å². The molecule has 3 heterocycles. The van der Waals surface area contributed by atoms with E-state index < -0.39 is 5.60 Å². The van der Waals surface area contributed by atoms with Gasteiger partial charge in [0.05, 0.1) is 12.3 Å². The number of hydrogen-bond acceptors (Lipinski definition) is 7. The van der Waals surface area contributed by atoms with Gasteiger partial charge in [-0.15, -0.1) is 0 Å². The molecule has 8 heteroatoms. The molecule has 3 aliphatic rings. The van der Waals surface area contributed by atoms with Gasteiger partial charge in [0.1, 0.15) is 5.60 Å². The monoisotopic (exact) mass is 656 g/mol. The van der Waals surface area contributed by atoms with E-state index in [0.29, 0.717) is 47.5 Å². The first-order valence-electron chi connectivity index (χ1n) is 17.4. The van der Waals surface area contributed by atoms with Crippen LogP contribution in [-0.4, -0.2) is 46.3 Å². The van der Waals surface area contributed by atoms with E-state index in [1.807, 2.05) is 25.7 Å². The van der Waals surface area contributed by atoms with Gasteiger partial charge in [-0.1, -0.05) is 44.2 Å². The largest absolute Gasteiger partial charge is 0.477 e. The Morgan fingerprint density at radius 1 is 1.06 bits per heavy atom. The molecule has 1 saturated carbocycles. The Kier molecular flexibility index (Phi) is 9.54. The molecule has 2 aromatic carbocycles. The first-order valence-corrected chi connectivity index (χ1v) is 18.2. The number of carbonyl (C=O) groups is 1. The summed E-state index contributed by atoms with van der Waals surface area (Å²) in [6, 6.07) is 15.5. The molecule has 2 unspecified atom stereocenters. The predicted octanol–water partition coefficient (Wildman–Crippen LogP) is 9.75. The van der Waals surface area contributed by atoms with Crippen LogP contribution in [0.2, 0.25) is 0 Å². The lowest BCUT2D eigenvalue weighted by Crippen LogP contribution is -2.51. The number of carbonyl (C=O) groups excluding carboxylic acids is 1. The summed E-state index contributed by atoms with van der Waals surface area (Å²) in [6.45, 7) is 19.0. The molecule has 2 fully saturated rings. The number of likely N-dealkylation sites (tertiary alicyclic amines) is 1. The van der Waals surface area contributed by atoms with Crippen LogP contribution < -0.4 is 9.46 Å². The summed E-state index contributed by atoms with van der Waals surface area (Å²) in [6.07, 6.45) is 5.38. The molecule has 0 radical (unpaired) electrons. The van der Waals surface area contributed by atoms with Gasteiger partial charge < -0.3 is 14.4 Å². The van der Waals surface area contributed by atoms with Crippen molar-refractivity contribution in [2.24, 2.45) is 23.2 Å². The summed E-state index contributed by atoms with van der Waals surface area (Å²) in [7, 11) is 0. The molecule has 1 amide bonds. The lowest BCUT2D eigenvalue weighted by molar-refractivity contribution is -0.0432. The van der Waals surface area contributed by atoms with Crippen molar-refractivity contribution in [1.82, 2.24) is 14.9 Å². The first-order chi connectivity index (χ1) is 22.3. The molecule has 2 aliphatic heterocycles. The third-order valence-electron chi connectivity index (χ3n) is 10.4. The third-order valence-corrected chi connectivity index (χ3v) is 11.2. The van der Waals surface area contributed by atoms with Gasteiger partial charge in [-0.3, -0.25) is 4.72 Å². The molecule has 2 atom stereocenters. The van der Waals surface area contributed by atoms with Gasteiger partial charge in [0.2, 0.25) is 11.8 Å². The molecule has 1 saturated heterocycles. The highest BCUT2D eigenvalue weighted by Crippen LogP contribution is 2.59. The number of nitrogens with zero attached hydrogens (tertiary/aromatic N) is 3. The summed E-state index contributed by atoms with van der Waals surface area (Å²) in [5.41, 5.74) is 6.68. The summed E-state index contributed by atoms with van der Waals surface area (Å²) >= 11 is 1.57. The maximum Gasteiger partial charge on any atom is 0.410 e. The Balaban J connectivity index is 1.28. The maximum absolute atomic E-state index is 12.8. The second-order valence-electron chi connectivity index (χ2n) is 15.7. The average Bonchev–Trinajstić information content (AvgIpc) is 2.98. The van der Waals surface area contributed by atoms with Crippen LogP contribution in [0.4, 0.5) is 10.7 Å². The van der Waals surface area contributed by atoms with Gasteiger partial charge in [0.25, 0.3) is 0 Å². The summed E-state index contributed by atoms with van der Waals surface area (Å²) < 4.78 is 15.9. The van der Waals surface area contributed by atoms with Gasteiger partial charge in [-0.05, 0) is 138 Å². The van der Waals surface area contributed by atoms with Gasteiger partial charge in [-0.2, -0.15) is 4.98 Å². The van der Waals surface area contributed by atoms with Gasteiger partial charge in [-0.25, -0.2) is 9.78 Å². The van der Waals surface area contributed by atoms with E-state index in [4.69, 9.17) is 19.4 Å². The number of hydrogen-bond donors (Lipinski definition) is 1. The minimum atomic E-state index is -0.468. The summed E-state index contributed by atoms with van der Waals surface area (Å²) in [4.78, 5) is 25.8. The van der Waals surface area contributed by atoms with Crippen molar-refractivity contribution in [1.29, 1.82) is 0 Å². The molecule has 1 aromatic heterocycles. The number of ether oxygens (including phenoxy) is 2. The molecule has 1 spiro atoms. The predicted molar refractivity (Wildman–Crippen MR) is 191 cm³/mol. The van der Waals surface area contributed by atoms with Crippen LogP contribution in [0, 0.1) is 43.9 Å². The lowest BCUT2D eigenvalue weighted by Gasteiger charge is -2.55. The van der Waals surface area contributed by atoms with Crippen molar-refractivity contribution < 1.29 is 14.3 Å². The Hall–Kier alpha value is -3.26. The Morgan fingerprint density at radius 3 is 2.40 bits per heavy atom. The van der Waals surface area contributed by atoms with E-state index in [1.165, 1.54) is 29.5 Å². The second-order valence-corrected chi connectivity index (χ2v) is 16.6. The minimum Gasteiger partial charge on any atom is -0.477 e. The van der Waals surface area contributed by atoms with Gasteiger partial charge in [0.15, 0.2) is 0 Å². The van der Waals surface area contributed by atoms with Crippen molar-refractivity contribution >= 4 is 24.0 Å². The molecule has 1 aliphatic carbocycles. The van der Waals surface area contributed by atoms with Crippen molar-refractivity contribution in [3.8, 4) is 17.1 Å². The van der Waals surface area contributed by atoms with E-state index in [1.54, 1.807) is 11.9 Å². The van der Waals surface area contributed by atoms with Crippen LogP contribution in [0.25, 0.3) is 11.3 Å². The van der Waals surface area contributed by atoms with Crippen molar-refractivity contribution in [2.45, 2.75) is 104 Å². The molecule has 7 nitrogen and oxygen atoms in total. The van der Waals surface area contributed by atoms with Gasteiger partial charge in [0, 0.05) is 35.0 Å². The normalized spacial score (nSPS) is 21.3. The second kappa shape index (κ2) is 13.3. The first kappa shape index (κ1) is 33.6. The van der Waals surface area contributed by atoms with Crippen molar-refractivity contribution in [3.05, 3.63) is 64.7 Å². The van der Waals surface area contributed by atoms with E-state index in [2.05, 4.69) is 81.8 Å². The number of fused-ring (bicyclic) bond motifs is 4. The molecule has 3 aromatic rings. The summed E-state index contributed by atoms with van der Waals surface area (Å²) in [5, 5.41) is 0. The minimum absolute atomic E-state index is 0.177. The van der Waals surface area contributed by atoms with Crippen LogP contribution in [-0.2, 0) is 4.74 Å². The average molecular weight is 657 g/mol. The van der Waals surface area contributed by atoms with E-state index in [0.717, 1.165) is 54.1 Å². The van der Waals surface area contributed by atoms with Gasteiger partial charge >= 0.3 is 6.09 Å². The Labute approximate surface area is 285 Å². The summed E-state index contributed by atoms with van der Waals surface area (Å²) in [5.74, 6) is 3.06. The number of amides is 1. The van der Waals surface area contributed by atoms with Crippen molar-refractivity contribution in [2.75, 3.05) is 24.4 Å². The Morgan fingerprint density at radius 2 is 1.74 bits per heavy atom. The van der Waals surface area contributed by atoms with Crippen molar-refractivity contribution in [3.63, 3.8) is 0 Å². The SMILES string of the molecule is Cc1cccc(C)c1-c1nc2nc(c1C)OCC(CC(C)C)C(C1CC3(CCN(C(=O)OC(C)(C)C)CC3)C1)c1cccc(c1)SN2. The molecule has 4 bridgehead atoms. The number of anilines is 1. The molecule has 47 heavy (non-hydrogen) atoms. The van der Waals surface area contributed by atoms with E-state index in [-0.39, 0.29) is 6.09 Å². The Bertz CT molecular complexity index is 1580. The fourth-order valence-corrected chi connectivity index (χ4v) is 8.89. The fourth-order valence-electron chi connectivity index (χ4n) is 8.25. The molecular formula is C39H52N4O3S. The zero-order valence-corrected chi connectivity index (χ0v) is 30.3. The maximum atomic E-state index is 12.8. The fraction of sp³-hybridized carbons (Fsp3) is 0.564. The third kappa shape index (κ3) is 7.43. The smallest absolute Gasteiger partial charge is 0.410 e. The van der Waals surface area contributed by atoms with Crippen LogP contribution in [0.15, 0.2) is 47.4 Å². The zero-order valence-electron chi connectivity index (χ0n) is 29.5. The highest BCUT2D eigenvalue weighted by molar-refractivity contribution is 8.00. The number of benzene rings is 2. The molecule has 252 valence electrons. The van der Waals surface area contributed by atoms with Crippen LogP contribution in [0.1, 0.15) is 94.9 Å². The standard InChI is InChI=1S/C39H52N4O3S/c1-24(2)19-29-23-45-35-27(5)34(32-25(3)11-9-12-26(32)4)40-36(41-35)42-47-31-14-10-13-28(20-31)33(29)30-21-39(22-30)15-17-43(18-16-39)37(44)46-38(6,7)8/h9-14,20,24,29-30,33H,15-19,21-23H2,1-8H3,(H,40,41,42). The highest BCUT2D eigenvalue weighted by Gasteiger charge is 2.50. The van der Waals surface area contributed by atoms with E-state index in [9.17, 15) is 4.79 Å². The molecule has 1 N–H and O–H groups in total. The number of rotatable bonds is 4. The topological polar surface area (TPSA) is 76.6 Å². The van der Waals surface area contributed by atoms with Crippen LogP contribution in [0.5, 0.6) is 5.88 Å². The number of piperidine rings is 1. The quantitative estimate of drug-likeness (QED) is 0.280. The van der Waals surface area contributed by atoms with E-state index >= 15 is 0 Å². The number of aromatic nitrogens is 2. The molecular weight excluding hydrogens is 605 g/mol. The number of nitrogens with one attached hydrogen (secondary N) is 1. The highest BCUT2D eigenvalue weighted by atomic mass is 32.2. The zero-order chi connectivity index (χ0) is 33.5. The lowest BCUT2D eigenvalue weighted by atomic mass is 9.52. The molecule has 6 rings (SSSR count). The number of aryl methyl sites for hydroxylation is 2.